The van der Waals surface area contributed by atoms with Gasteiger partial charge in [-0.1, -0.05) is 0 Å². The van der Waals surface area contributed by atoms with Crippen LogP contribution in [0.15, 0.2) is 30.3 Å². The quantitative estimate of drug-likeness (QED) is 0.906. The molecule has 1 aliphatic rings. The van der Waals surface area contributed by atoms with Crippen LogP contribution in [0, 0.1) is 0 Å². The Morgan fingerprint density at radius 1 is 1.18 bits per heavy atom. The van der Waals surface area contributed by atoms with E-state index >= 15 is 0 Å². The van der Waals surface area contributed by atoms with Gasteiger partial charge in [0.05, 0.1) is 6.61 Å². The number of carbonyl (C=O) groups excluding carboxylic acids is 2. The van der Waals surface area contributed by atoms with E-state index in [9.17, 15) is 9.59 Å². The summed E-state index contributed by atoms with van der Waals surface area (Å²) in [6.45, 7) is 2.85. The fraction of sp³-hybridized carbons (Fsp3) is 0.267. The molecule has 2 amide bonds. The van der Waals surface area contributed by atoms with Crippen LogP contribution in [0.5, 0.6) is 5.88 Å². The molecule has 0 saturated heterocycles. The molecular weight excluding hydrogens is 284 g/mol. The fourth-order valence-electron chi connectivity index (χ4n) is 2.21. The maximum Gasteiger partial charge on any atom is 0.276 e. The number of anilines is 2. The number of benzene rings is 1. The van der Waals surface area contributed by atoms with Crippen molar-refractivity contribution < 1.29 is 14.3 Å². The summed E-state index contributed by atoms with van der Waals surface area (Å²) in [6.07, 6.45) is 0.889. The van der Waals surface area contributed by atoms with Crippen LogP contribution in [0.4, 0.5) is 11.4 Å². The van der Waals surface area contributed by atoms with Gasteiger partial charge in [0.15, 0.2) is 5.69 Å². The molecule has 1 aromatic heterocycles. The normalized spacial score (nSPS) is 13.0. The highest BCUT2D eigenvalue weighted by atomic mass is 16.5. The molecule has 114 valence electrons. The Balaban J connectivity index is 1.68. The molecule has 2 heterocycles. The zero-order chi connectivity index (χ0) is 15.5. The molecule has 0 atom stereocenters. The molecule has 0 radical (unpaired) electrons. The lowest BCUT2D eigenvalue weighted by Gasteiger charge is -2.13. The number of rotatable bonds is 3. The van der Waals surface area contributed by atoms with Gasteiger partial charge in [-0.25, -0.2) is 4.68 Å². The Bertz CT molecular complexity index is 683. The highest BCUT2D eigenvalue weighted by Gasteiger charge is 2.17. The molecule has 2 N–H and O–H groups in total. The molecular formula is C15H16N4O3. The second-order valence-corrected chi connectivity index (χ2v) is 5.01. The molecule has 1 aromatic carbocycles. The molecule has 22 heavy (non-hydrogen) atoms. The van der Waals surface area contributed by atoms with E-state index in [0.29, 0.717) is 29.6 Å². The lowest BCUT2D eigenvalue weighted by Crippen LogP contribution is -2.16. The van der Waals surface area contributed by atoms with Gasteiger partial charge in [0.1, 0.15) is 0 Å². The van der Waals surface area contributed by atoms with Crippen LogP contribution < -0.4 is 15.4 Å². The summed E-state index contributed by atoms with van der Waals surface area (Å²) in [5.74, 6) is 0.190. The summed E-state index contributed by atoms with van der Waals surface area (Å²) in [4.78, 5) is 23.1. The zero-order valence-corrected chi connectivity index (χ0v) is 12.1. The summed E-state index contributed by atoms with van der Waals surface area (Å²) in [7, 11) is 0. The first kappa shape index (κ1) is 14.1. The Morgan fingerprint density at radius 3 is 2.50 bits per heavy atom. The standard InChI is InChI=1S/C15H16N4O3/c1-10(20)16-11-3-5-12(6-4-11)17-15(21)13-9-14-19(18-13)7-2-8-22-14/h3-6,9H,2,7-8H2,1H3,(H,16,20)(H,17,21). The van der Waals surface area contributed by atoms with Crippen molar-refractivity contribution in [2.45, 2.75) is 19.9 Å². The third-order valence-corrected chi connectivity index (χ3v) is 3.20. The molecule has 0 unspecified atom stereocenters. The van der Waals surface area contributed by atoms with E-state index in [2.05, 4.69) is 15.7 Å². The van der Waals surface area contributed by atoms with Crippen LogP contribution in [-0.4, -0.2) is 28.2 Å². The highest BCUT2D eigenvalue weighted by molar-refractivity contribution is 6.03. The van der Waals surface area contributed by atoms with Crippen molar-refractivity contribution in [2.75, 3.05) is 17.2 Å². The summed E-state index contributed by atoms with van der Waals surface area (Å²) < 4.78 is 7.13. The number of aryl methyl sites for hydroxylation is 1. The largest absolute Gasteiger partial charge is 0.478 e. The molecule has 7 nitrogen and oxygen atoms in total. The monoisotopic (exact) mass is 300 g/mol. The second-order valence-electron chi connectivity index (χ2n) is 5.01. The molecule has 1 aliphatic heterocycles. The third-order valence-electron chi connectivity index (χ3n) is 3.20. The zero-order valence-electron chi connectivity index (χ0n) is 12.1. The lowest BCUT2D eigenvalue weighted by molar-refractivity contribution is -0.114. The summed E-state index contributed by atoms with van der Waals surface area (Å²) in [5, 5.41) is 9.66. The Hall–Kier alpha value is -2.83. The number of nitrogens with one attached hydrogen (secondary N) is 2. The Kier molecular flexibility index (Phi) is 3.78. The average Bonchev–Trinajstić information content (AvgIpc) is 2.93. The van der Waals surface area contributed by atoms with Crippen LogP contribution in [0.2, 0.25) is 0 Å². The van der Waals surface area contributed by atoms with E-state index in [1.807, 2.05) is 0 Å². The van der Waals surface area contributed by atoms with Gasteiger partial charge in [0.2, 0.25) is 11.8 Å². The highest BCUT2D eigenvalue weighted by Crippen LogP contribution is 2.20. The van der Waals surface area contributed by atoms with Crippen LogP contribution in [0.3, 0.4) is 0 Å². The van der Waals surface area contributed by atoms with E-state index < -0.39 is 0 Å². The van der Waals surface area contributed by atoms with Crippen LogP contribution in [0.25, 0.3) is 0 Å². The van der Waals surface area contributed by atoms with Crippen LogP contribution >= 0.6 is 0 Å². The molecule has 0 fully saturated rings. The lowest BCUT2D eigenvalue weighted by atomic mass is 10.2. The van der Waals surface area contributed by atoms with Gasteiger partial charge < -0.3 is 15.4 Å². The minimum absolute atomic E-state index is 0.139. The molecule has 2 aromatic rings. The van der Waals surface area contributed by atoms with E-state index in [-0.39, 0.29) is 11.8 Å². The van der Waals surface area contributed by atoms with E-state index in [0.717, 1.165) is 13.0 Å². The number of carbonyl (C=O) groups is 2. The number of hydrogen-bond donors (Lipinski definition) is 2. The fourth-order valence-corrected chi connectivity index (χ4v) is 2.21. The first-order valence-corrected chi connectivity index (χ1v) is 7.01. The molecule has 0 saturated carbocycles. The average molecular weight is 300 g/mol. The van der Waals surface area contributed by atoms with Crippen LogP contribution in [-0.2, 0) is 11.3 Å². The van der Waals surface area contributed by atoms with Crippen molar-refractivity contribution in [3.8, 4) is 5.88 Å². The predicted molar refractivity (Wildman–Crippen MR) is 81.0 cm³/mol. The van der Waals surface area contributed by atoms with Gasteiger partial charge in [-0.05, 0) is 24.3 Å². The van der Waals surface area contributed by atoms with Crippen molar-refractivity contribution in [3.05, 3.63) is 36.0 Å². The maximum absolute atomic E-state index is 12.2. The van der Waals surface area contributed by atoms with Crippen LogP contribution in [0.1, 0.15) is 23.8 Å². The molecule has 0 spiro atoms. The van der Waals surface area contributed by atoms with Crippen molar-refractivity contribution in [1.29, 1.82) is 0 Å². The molecule has 0 aliphatic carbocycles. The number of nitrogens with zero attached hydrogens (tertiary/aromatic N) is 2. The minimum atomic E-state index is -0.294. The number of fused-ring (bicyclic) bond motifs is 1. The van der Waals surface area contributed by atoms with E-state index in [1.54, 1.807) is 35.0 Å². The first-order chi connectivity index (χ1) is 10.6. The van der Waals surface area contributed by atoms with Gasteiger partial charge >= 0.3 is 0 Å². The number of amides is 2. The molecule has 0 bridgehead atoms. The molecule has 7 heteroatoms. The van der Waals surface area contributed by atoms with Gasteiger partial charge in [-0.3, -0.25) is 9.59 Å². The minimum Gasteiger partial charge on any atom is -0.478 e. The topological polar surface area (TPSA) is 85.3 Å². The number of hydrogen-bond acceptors (Lipinski definition) is 4. The predicted octanol–water partition coefficient (Wildman–Crippen LogP) is 1.88. The van der Waals surface area contributed by atoms with E-state index in [1.165, 1.54) is 6.92 Å². The first-order valence-electron chi connectivity index (χ1n) is 7.01. The summed E-state index contributed by atoms with van der Waals surface area (Å²) in [6, 6.07) is 8.52. The van der Waals surface area contributed by atoms with Gasteiger partial charge in [0, 0.05) is 37.3 Å². The van der Waals surface area contributed by atoms with E-state index in [4.69, 9.17) is 4.74 Å². The Morgan fingerprint density at radius 2 is 1.86 bits per heavy atom. The van der Waals surface area contributed by atoms with Crippen molar-refractivity contribution in [2.24, 2.45) is 0 Å². The SMILES string of the molecule is CC(=O)Nc1ccc(NC(=O)c2cc3n(n2)CCCO3)cc1. The molecule has 3 rings (SSSR count). The number of ether oxygens (including phenoxy) is 1. The summed E-state index contributed by atoms with van der Waals surface area (Å²) >= 11 is 0. The smallest absolute Gasteiger partial charge is 0.276 e. The van der Waals surface area contributed by atoms with Gasteiger partial charge in [-0.15, -0.1) is 0 Å². The maximum atomic E-state index is 12.2. The van der Waals surface area contributed by atoms with Crippen molar-refractivity contribution in [3.63, 3.8) is 0 Å². The summed E-state index contributed by atoms with van der Waals surface area (Å²) in [5.41, 5.74) is 1.63. The number of aromatic nitrogens is 2. The Labute approximate surface area is 127 Å². The van der Waals surface area contributed by atoms with Crippen molar-refractivity contribution in [1.82, 2.24) is 9.78 Å². The van der Waals surface area contributed by atoms with Gasteiger partial charge in [0.25, 0.3) is 5.91 Å². The third kappa shape index (κ3) is 3.08. The van der Waals surface area contributed by atoms with Gasteiger partial charge in [-0.2, -0.15) is 5.10 Å². The second kappa shape index (κ2) is 5.88. The van der Waals surface area contributed by atoms with Crippen molar-refractivity contribution >= 4 is 23.2 Å².